The van der Waals surface area contributed by atoms with Crippen LogP contribution >= 0.6 is 0 Å². The van der Waals surface area contributed by atoms with Crippen molar-refractivity contribution < 1.29 is 0 Å². The van der Waals surface area contributed by atoms with Gasteiger partial charge >= 0.3 is 29.6 Å². The molecule has 0 N–H and O–H groups in total. The third kappa shape index (κ3) is 3.57. The van der Waals surface area contributed by atoms with Crippen LogP contribution in [0.25, 0.3) is 0 Å². The van der Waals surface area contributed by atoms with Gasteiger partial charge in [0.05, 0.1) is 0 Å². The van der Waals surface area contributed by atoms with Crippen molar-refractivity contribution in [3.05, 3.63) is 0 Å². The molecule has 0 heterocycles. The Bertz CT molecular complexity index is 19.7. The molecule has 1 rings (SSSR count). The van der Waals surface area contributed by atoms with E-state index >= 15 is 0 Å². The summed E-state index contributed by atoms with van der Waals surface area (Å²) < 4.78 is 0. The van der Waals surface area contributed by atoms with E-state index < -0.39 is 0 Å². The summed E-state index contributed by atoms with van der Waals surface area (Å²) >= 11 is 0. The first-order valence-corrected chi connectivity index (χ1v) is 3.00. The van der Waals surface area contributed by atoms with Crippen molar-refractivity contribution in [2.24, 2.45) is 0 Å². The number of hydrogen-bond acceptors (Lipinski definition) is 0. The fraction of sp³-hybridized carbons (Fsp3) is 1.00. The van der Waals surface area contributed by atoms with Crippen LogP contribution in [-0.2, 0) is 0 Å². The number of hydrogen-bond donors (Lipinski definition) is 0. The predicted molar refractivity (Wildman–Crippen MR) is 34.9 cm³/mol. The molecule has 1 aliphatic carbocycles. The summed E-state index contributed by atoms with van der Waals surface area (Å²) in [6.07, 6.45) is 9.00. The topological polar surface area (TPSA) is 0 Å². The second-order valence-corrected chi connectivity index (χ2v) is 2.12. The molecule has 0 spiro atoms. The Morgan fingerprint density at radius 3 is 0.714 bits per heavy atom. The summed E-state index contributed by atoms with van der Waals surface area (Å²) in [4.78, 5) is 0. The molecule has 0 saturated heterocycles. The zero-order valence-electron chi connectivity index (χ0n) is 4.24. The molecule has 1 heteroatoms. The molecule has 1 aliphatic rings. The minimum absolute atomic E-state index is 0. The zero-order valence-corrected chi connectivity index (χ0v) is 4.24. The summed E-state index contributed by atoms with van der Waals surface area (Å²) in [5, 5.41) is 0. The molecule has 0 aliphatic heterocycles. The summed E-state index contributed by atoms with van der Waals surface area (Å²) in [6, 6.07) is 0. The summed E-state index contributed by atoms with van der Waals surface area (Å²) in [6.45, 7) is 0. The van der Waals surface area contributed by atoms with Crippen LogP contribution < -0.4 is 0 Å². The van der Waals surface area contributed by atoms with Gasteiger partial charge in [0.1, 0.15) is 0 Å². The molecule has 0 atom stereocenters. The first-order chi connectivity index (χ1) is 3.00. The first-order valence-electron chi connectivity index (χ1n) is 3.00. The van der Waals surface area contributed by atoms with Gasteiger partial charge in [-0.2, -0.15) is 0 Å². The van der Waals surface area contributed by atoms with Gasteiger partial charge in [0.15, 0.2) is 0 Å². The molecular formula is C6H13Na. The van der Waals surface area contributed by atoms with Gasteiger partial charge < -0.3 is 0 Å². The molecule has 0 amide bonds. The van der Waals surface area contributed by atoms with Crippen LogP contribution in [0, 0.1) is 0 Å². The van der Waals surface area contributed by atoms with E-state index in [-0.39, 0.29) is 29.6 Å². The second kappa shape index (κ2) is 5.14. The van der Waals surface area contributed by atoms with Crippen molar-refractivity contribution in [2.75, 3.05) is 0 Å². The molecule has 7 heavy (non-hydrogen) atoms. The Morgan fingerprint density at radius 1 is 0.429 bits per heavy atom. The van der Waals surface area contributed by atoms with Gasteiger partial charge in [-0.1, -0.05) is 38.5 Å². The zero-order chi connectivity index (χ0) is 4.24. The second-order valence-electron chi connectivity index (χ2n) is 2.12. The van der Waals surface area contributed by atoms with Gasteiger partial charge in [-0.05, 0) is 0 Å². The molecular weight excluding hydrogens is 95.1 g/mol. The van der Waals surface area contributed by atoms with E-state index in [2.05, 4.69) is 0 Å². The normalized spacial score (nSPS) is 20.6. The average Bonchev–Trinajstić information content (AvgIpc) is 1.72. The van der Waals surface area contributed by atoms with Crippen LogP contribution in [0.3, 0.4) is 0 Å². The van der Waals surface area contributed by atoms with Crippen LogP contribution in [-0.4, -0.2) is 29.6 Å². The van der Waals surface area contributed by atoms with Crippen LogP contribution in [0.1, 0.15) is 38.5 Å². The Labute approximate surface area is 68.0 Å². The van der Waals surface area contributed by atoms with Crippen molar-refractivity contribution in [1.29, 1.82) is 0 Å². The summed E-state index contributed by atoms with van der Waals surface area (Å²) in [7, 11) is 0. The maximum atomic E-state index is 1.50. The summed E-state index contributed by atoms with van der Waals surface area (Å²) in [5.41, 5.74) is 0. The van der Waals surface area contributed by atoms with E-state index in [9.17, 15) is 0 Å². The Kier molecular flexibility index (Phi) is 5.88. The van der Waals surface area contributed by atoms with E-state index in [4.69, 9.17) is 0 Å². The SMILES string of the molecule is C1CCCCC1.[NaH]. The molecule has 1 fully saturated rings. The van der Waals surface area contributed by atoms with E-state index in [1.165, 1.54) is 38.5 Å². The van der Waals surface area contributed by atoms with Gasteiger partial charge in [0.2, 0.25) is 0 Å². The Hall–Kier alpha value is 1.00. The molecule has 0 aromatic rings. The predicted octanol–water partition coefficient (Wildman–Crippen LogP) is 1.69. The molecule has 0 bridgehead atoms. The van der Waals surface area contributed by atoms with E-state index in [1.54, 1.807) is 0 Å². The molecule has 0 nitrogen and oxygen atoms in total. The van der Waals surface area contributed by atoms with Gasteiger partial charge in [-0.3, -0.25) is 0 Å². The molecule has 38 valence electrons. The van der Waals surface area contributed by atoms with Gasteiger partial charge in [0, 0.05) is 0 Å². The molecule has 0 aromatic carbocycles. The van der Waals surface area contributed by atoms with Gasteiger partial charge in [0.25, 0.3) is 0 Å². The van der Waals surface area contributed by atoms with Gasteiger partial charge in [-0.15, -0.1) is 0 Å². The van der Waals surface area contributed by atoms with Gasteiger partial charge in [-0.25, -0.2) is 0 Å². The fourth-order valence-electron chi connectivity index (χ4n) is 1.06. The minimum atomic E-state index is 0. The van der Waals surface area contributed by atoms with E-state index in [1.807, 2.05) is 0 Å². The van der Waals surface area contributed by atoms with Crippen LogP contribution in [0.5, 0.6) is 0 Å². The van der Waals surface area contributed by atoms with Crippen LogP contribution in [0.2, 0.25) is 0 Å². The first kappa shape index (κ1) is 8.00. The molecule has 0 radical (unpaired) electrons. The number of rotatable bonds is 0. The average molecular weight is 108 g/mol. The van der Waals surface area contributed by atoms with Crippen molar-refractivity contribution in [2.45, 2.75) is 38.5 Å². The van der Waals surface area contributed by atoms with Crippen molar-refractivity contribution in [3.63, 3.8) is 0 Å². The maximum absolute atomic E-state index is 1.50. The quantitative estimate of drug-likeness (QED) is 0.414. The molecule has 0 unspecified atom stereocenters. The van der Waals surface area contributed by atoms with E-state index in [0.717, 1.165) is 0 Å². The third-order valence-electron chi connectivity index (χ3n) is 1.50. The standard InChI is InChI=1S/C6H12.Na.H/c1-2-4-6-5-3-1;;/h1-6H2;;. The summed E-state index contributed by atoms with van der Waals surface area (Å²) in [5.74, 6) is 0. The van der Waals surface area contributed by atoms with Crippen molar-refractivity contribution >= 4 is 29.6 Å². The third-order valence-corrected chi connectivity index (χ3v) is 1.50. The Morgan fingerprint density at radius 2 is 0.571 bits per heavy atom. The van der Waals surface area contributed by atoms with Crippen LogP contribution in [0.15, 0.2) is 0 Å². The van der Waals surface area contributed by atoms with Crippen molar-refractivity contribution in [1.82, 2.24) is 0 Å². The van der Waals surface area contributed by atoms with Crippen LogP contribution in [0.4, 0.5) is 0 Å². The fourth-order valence-corrected chi connectivity index (χ4v) is 1.06. The van der Waals surface area contributed by atoms with Crippen molar-refractivity contribution in [3.8, 4) is 0 Å². The molecule has 0 aromatic heterocycles. The Balaban J connectivity index is 0.000000360. The van der Waals surface area contributed by atoms with E-state index in [0.29, 0.717) is 0 Å². The molecule has 1 saturated carbocycles. The monoisotopic (exact) mass is 108 g/mol.